The van der Waals surface area contributed by atoms with E-state index in [1.54, 1.807) is 23.9 Å². The lowest BCUT2D eigenvalue weighted by atomic mass is 10.00. The van der Waals surface area contributed by atoms with E-state index in [9.17, 15) is 19.1 Å². The molecule has 0 aliphatic carbocycles. The van der Waals surface area contributed by atoms with Crippen molar-refractivity contribution < 1.29 is 18.7 Å². The Kier molecular flexibility index (Phi) is 5.36. The third kappa shape index (κ3) is 3.93. The Balaban J connectivity index is 1.65. The normalized spacial score (nSPS) is 12.2. The van der Waals surface area contributed by atoms with Gasteiger partial charge >= 0.3 is 5.97 Å². The Morgan fingerprint density at radius 3 is 2.74 bits per heavy atom. The van der Waals surface area contributed by atoms with Crippen molar-refractivity contribution in [2.24, 2.45) is 7.05 Å². The molecule has 176 valence electrons. The van der Waals surface area contributed by atoms with E-state index in [2.05, 4.69) is 10.4 Å². The monoisotopic (exact) mass is 471 g/mol. The first kappa shape index (κ1) is 22.3. The van der Waals surface area contributed by atoms with E-state index < -0.39 is 23.4 Å². The minimum atomic E-state index is -1.37. The lowest BCUT2D eigenvalue weighted by Crippen LogP contribution is -2.13. The van der Waals surface area contributed by atoms with Crippen LogP contribution in [0.15, 0.2) is 70.0 Å². The first-order valence-corrected chi connectivity index (χ1v) is 11.0. The number of aromatic carboxylic acids is 1. The van der Waals surface area contributed by atoms with Crippen LogP contribution in [0.3, 0.4) is 0 Å². The summed E-state index contributed by atoms with van der Waals surface area (Å²) < 4.78 is 22.2. The minimum Gasteiger partial charge on any atom is -0.478 e. The summed E-state index contributed by atoms with van der Waals surface area (Å²) in [5.41, 5.74) is 3.01. The van der Waals surface area contributed by atoms with Gasteiger partial charge in [-0.2, -0.15) is 5.10 Å². The number of nitrogens with one attached hydrogen (secondary N) is 1. The standard InChI is InChI=1S/C27H22FN3O4/c1-14-9-18(15(2)30-21-6-4-5-20(28)25(21)27(33)34)26-19(10-14)23(32)12-24(35-26)16-7-8-17-13-29-31(3)22(17)11-16/h4-13,15,30H,1-3H3,(H,33,34)/t15-/m1/s1. The number of rotatable bonds is 5. The molecule has 5 rings (SSSR count). The second-order valence-electron chi connectivity index (χ2n) is 8.58. The number of benzene rings is 3. The zero-order valence-electron chi connectivity index (χ0n) is 19.3. The van der Waals surface area contributed by atoms with Crippen molar-refractivity contribution >= 4 is 33.5 Å². The first-order chi connectivity index (χ1) is 16.7. The molecule has 8 heteroatoms. The Morgan fingerprint density at radius 1 is 1.17 bits per heavy atom. The smallest absolute Gasteiger partial charge is 0.340 e. The summed E-state index contributed by atoms with van der Waals surface area (Å²) in [5, 5.41) is 18.2. The lowest BCUT2D eigenvalue weighted by Gasteiger charge is -2.19. The van der Waals surface area contributed by atoms with Crippen molar-refractivity contribution in [3.63, 3.8) is 0 Å². The zero-order valence-corrected chi connectivity index (χ0v) is 19.3. The van der Waals surface area contributed by atoms with Crippen LogP contribution in [-0.4, -0.2) is 20.9 Å². The number of carboxylic acid groups (broad SMARTS) is 1. The van der Waals surface area contributed by atoms with Gasteiger partial charge in [0, 0.05) is 29.6 Å². The highest BCUT2D eigenvalue weighted by Gasteiger charge is 2.20. The second kappa shape index (κ2) is 8.39. The van der Waals surface area contributed by atoms with Gasteiger partial charge < -0.3 is 14.8 Å². The van der Waals surface area contributed by atoms with Crippen LogP contribution in [0, 0.1) is 12.7 Å². The van der Waals surface area contributed by atoms with E-state index in [1.807, 2.05) is 38.2 Å². The molecule has 0 bridgehead atoms. The predicted octanol–water partition coefficient (Wildman–Crippen LogP) is 5.67. The summed E-state index contributed by atoms with van der Waals surface area (Å²) in [4.78, 5) is 24.7. The third-order valence-electron chi connectivity index (χ3n) is 6.10. The average Bonchev–Trinajstić information content (AvgIpc) is 3.18. The number of nitrogens with zero attached hydrogens (tertiary/aromatic N) is 2. The zero-order chi connectivity index (χ0) is 24.9. The maximum atomic E-state index is 14.2. The fourth-order valence-corrected chi connectivity index (χ4v) is 4.37. The van der Waals surface area contributed by atoms with Crippen molar-refractivity contribution in [1.29, 1.82) is 0 Å². The fraction of sp³-hybridized carbons (Fsp3) is 0.148. The van der Waals surface area contributed by atoms with Gasteiger partial charge in [-0.25, -0.2) is 9.18 Å². The summed E-state index contributed by atoms with van der Waals surface area (Å²) in [6.45, 7) is 3.67. The van der Waals surface area contributed by atoms with E-state index >= 15 is 0 Å². The van der Waals surface area contributed by atoms with Crippen LogP contribution in [0.4, 0.5) is 10.1 Å². The molecular formula is C27H22FN3O4. The third-order valence-corrected chi connectivity index (χ3v) is 6.10. The summed E-state index contributed by atoms with van der Waals surface area (Å²) in [5.74, 6) is -1.80. The number of carboxylic acids is 1. The molecule has 3 aromatic carbocycles. The van der Waals surface area contributed by atoms with Gasteiger partial charge in [-0.05, 0) is 43.7 Å². The van der Waals surface area contributed by atoms with Gasteiger partial charge in [0.2, 0.25) is 0 Å². The molecule has 35 heavy (non-hydrogen) atoms. The molecule has 0 spiro atoms. The van der Waals surface area contributed by atoms with Crippen LogP contribution in [-0.2, 0) is 7.05 Å². The number of aromatic nitrogens is 2. The first-order valence-electron chi connectivity index (χ1n) is 11.0. The lowest BCUT2D eigenvalue weighted by molar-refractivity contribution is 0.0693. The van der Waals surface area contributed by atoms with Gasteiger partial charge in [-0.15, -0.1) is 0 Å². The molecule has 0 aliphatic rings. The second-order valence-corrected chi connectivity index (χ2v) is 8.58. The molecule has 0 amide bonds. The van der Waals surface area contributed by atoms with Gasteiger partial charge in [-0.3, -0.25) is 9.48 Å². The Bertz CT molecular complexity index is 1690. The van der Waals surface area contributed by atoms with Crippen molar-refractivity contribution in [2.75, 3.05) is 5.32 Å². The number of halogens is 1. The number of hydrogen-bond acceptors (Lipinski definition) is 5. The predicted molar refractivity (Wildman–Crippen MR) is 132 cm³/mol. The Labute approximate surface area is 199 Å². The van der Waals surface area contributed by atoms with Crippen molar-refractivity contribution in [1.82, 2.24) is 9.78 Å². The van der Waals surface area contributed by atoms with Crippen LogP contribution >= 0.6 is 0 Å². The summed E-state index contributed by atoms with van der Waals surface area (Å²) in [6.07, 6.45) is 1.77. The Morgan fingerprint density at radius 2 is 1.97 bits per heavy atom. The van der Waals surface area contributed by atoms with Gasteiger partial charge in [0.25, 0.3) is 0 Å². The van der Waals surface area contributed by atoms with E-state index in [-0.39, 0.29) is 11.1 Å². The van der Waals surface area contributed by atoms with E-state index in [0.717, 1.165) is 28.1 Å². The van der Waals surface area contributed by atoms with E-state index in [0.29, 0.717) is 22.3 Å². The summed E-state index contributed by atoms with van der Waals surface area (Å²) in [7, 11) is 1.84. The highest BCUT2D eigenvalue weighted by molar-refractivity contribution is 5.95. The largest absolute Gasteiger partial charge is 0.478 e. The van der Waals surface area contributed by atoms with Crippen molar-refractivity contribution in [3.05, 3.63) is 93.5 Å². The van der Waals surface area contributed by atoms with Crippen LogP contribution < -0.4 is 10.7 Å². The molecular weight excluding hydrogens is 449 g/mol. The maximum Gasteiger partial charge on any atom is 0.340 e. The molecule has 0 radical (unpaired) electrons. The number of hydrogen-bond donors (Lipinski definition) is 2. The van der Waals surface area contributed by atoms with Crippen molar-refractivity contribution in [2.45, 2.75) is 19.9 Å². The fourth-order valence-electron chi connectivity index (χ4n) is 4.37. The van der Waals surface area contributed by atoms with Gasteiger partial charge in [0.1, 0.15) is 22.7 Å². The Hall–Kier alpha value is -4.46. The average molecular weight is 471 g/mol. The number of carbonyl (C=O) groups is 1. The highest BCUT2D eigenvalue weighted by atomic mass is 19.1. The quantitative estimate of drug-likeness (QED) is 0.343. The number of anilines is 1. The molecule has 0 fully saturated rings. The minimum absolute atomic E-state index is 0.139. The van der Waals surface area contributed by atoms with Gasteiger partial charge in [0.15, 0.2) is 5.43 Å². The highest BCUT2D eigenvalue weighted by Crippen LogP contribution is 2.32. The number of aryl methyl sites for hydroxylation is 2. The van der Waals surface area contributed by atoms with E-state index in [4.69, 9.17) is 4.42 Å². The molecule has 0 saturated heterocycles. The molecule has 0 saturated carbocycles. The SMILES string of the molecule is Cc1cc([C@@H](C)Nc2cccc(F)c2C(=O)O)c2oc(-c3ccc4cnn(C)c4c3)cc(=O)c2c1. The van der Waals surface area contributed by atoms with Crippen LogP contribution in [0.2, 0.25) is 0 Å². The number of fused-ring (bicyclic) bond motifs is 2. The van der Waals surface area contributed by atoms with E-state index in [1.165, 1.54) is 18.2 Å². The topological polar surface area (TPSA) is 97.4 Å². The van der Waals surface area contributed by atoms with Crippen LogP contribution in [0.1, 0.15) is 34.5 Å². The molecule has 2 N–H and O–H groups in total. The molecule has 0 aliphatic heterocycles. The molecule has 1 atom stereocenters. The molecule has 2 heterocycles. The van der Waals surface area contributed by atoms with Crippen LogP contribution in [0.25, 0.3) is 33.2 Å². The summed E-state index contributed by atoms with van der Waals surface area (Å²) >= 11 is 0. The van der Waals surface area contributed by atoms with Gasteiger partial charge in [-0.1, -0.05) is 24.3 Å². The molecule has 5 aromatic rings. The molecule has 2 aromatic heterocycles. The summed E-state index contributed by atoms with van der Waals surface area (Å²) in [6, 6.07) is 14.4. The molecule has 7 nitrogen and oxygen atoms in total. The maximum absolute atomic E-state index is 14.2. The van der Waals surface area contributed by atoms with Crippen molar-refractivity contribution in [3.8, 4) is 11.3 Å². The van der Waals surface area contributed by atoms with Gasteiger partial charge in [0.05, 0.1) is 28.8 Å². The van der Waals surface area contributed by atoms with Crippen LogP contribution in [0.5, 0.6) is 0 Å². The molecule has 0 unspecified atom stereocenters.